The van der Waals surface area contributed by atoms with Crippen LogP contribution < -0.4 is 5.73 Å². The van der Waals surface area contributed by atoms with Crippen LogP contribution in [0.15, 0.2) is 78.9 Å². The summed E-state index contributed by atoms with van der Waals surface area (Å²) in [5.74, 6) is 0.988. The Morgan fingerprint density at radius 1 is 0.840 bits per heavy atom. The Bertz CT molecular complexity index is 987. The number of aryl methyl sites for hydroxylation is 2. The van der Waals surface area contributed by atoms with Crippen LogP contribution in [0.4, 0.5) is 5.69 Å². The first kappa shape index (κ1) is 15.5. The maximum absolute atomic E-state index is 5.98. The van der Waals surface area contributed by atoms with Gasteiger partial charge in [-0.2, -0.15) is 0 Å². The fourth-order valence-corrected chi connectivity index (χ4v) is 3.29. The van der Waals surface area contributed by atoms with Crippen molar-refractivity contribution in [2.75, 3.05) is 5.73 Å². The van der Waals surface area contributed by atoms with Crippen LogP contribution in [0.1, 0.15) is 12.0 Å². The van der Waals surface area contributed by atoms with Gasteiger partial charge >= 0.3 is 0 Å². The lowest BCUT2D eigenvalue weighted by Gasteiger charge is -2.10. The molecule has 0 fully saturated rings. The monoisotopic (exact) mass is 327 g/mol. The SMILES string of the molecule is Nc1cccc(-c2nc3ccccc3n2CCCc2ccccc2)c1. The molecule has 0 bridgehead atoms. The summed E-state index contributed by atoms with van der Waals surface area (Å²) in [6, 6.07) is 26.9. The molecule has 0 unspecified atom stereocenters. The predicted molar refractivity (Wildman–Crippen MR) is 104 cm³/mol. The zero-order valence-corrected chi connectivity index (χ0v) is 14.1. The van der Waals surface area contributed by atoms with E-state index in [0.29, 0.717) is 0 Å². The molecule has 0 atom stereocenters. The Morgan fingerprint density at radius 3 is 2.48 bits per heavy atom. The number of hydrogen-bond donors (Lipinski definition) is 1. The van der Waals surface area contributed by atoms with Crippen LogP contribution in [-0.4, -0.2) is 9.55 Å². The van der Waals surface area contributed by atoms with Gasteiger partial charge < -0.3 is 10.3 Å². The molecule has 3 nitrogen and oxygen atoms in total. The highest BCUT2D eigenvalue weighted by molar-refractivity contribution is 5.81. The van der Waals surface area contributed by atoms with E-state index in [1.54, 1.807) is 0 Å². The van der Waals surface area contributed by atoms with E-state index in [9.17, 15) is 0 Å². The van der Waals surface area contributed by atoms with Gasteiger partial charge in [0, 0.05) is 17.8 Å². The summed E-state index contributed by atoms with van der Waals surface area (Å²) in [5.41, 5.74) is 11.4. The number of nitrogens with zero attached hydrogens (tertiary/aromatic N) is 2. The number of nitrogen functional groups attached to an aromatic ring is 1. The number of fused-ring (bicyclic) bond motifs is 1. The zero-order chi connectivity index (χ0) is 17.1. The lowest BCUT2D eigenvalue weighted by atomic mass is 10.1. The molecule has 124 valence electrons. The number of para-hydroxylation sites is 2. The lowest BCUT2D eigenvalue weighted by molar-refractivity contribution is 0.663. The number of aromatic nitrogens is 2. The minimum atomic E-state index is 0.764. The van der Waals surface area contributed by atoms with E-state index in [1.165, 1.54) is 11.1 Å². The molecule has 0 radical (unpaired) electrons. The van der Waals surface area contributed by atoms with E-state index in [-0.39, 0.29) is 0 Å². The first-order chi connectivity index (χ1) is 12.3. The van der Waals surface area contributed by atoms with Crippen LogP contribution in [0.3, 0.4) is 0 Å². The molecule has 1 heterocycles. The highest BCUT2D eigenvalue weighted by Gasteiger charge is 2.12. The summed E-state index contributed by atoms with van der Waals surface area (Å²) in [6.07, 6.45) is 2.13. The maximum atomic E-state index is 5.98. The van der Waals surface area contributed by atoms with Crippen LogP contribution in [0, 0.1) is 0 Å². The summed E-state index contributed by atoms with van der Waals surface area (Å²) in [7, 11) is 0. The smallest absolute Gasteiger partial charge is 0.141 e. The number of benzene rings is 3. The second kappa shape index (κ2) is 6.81. The van der Waals surface area contributed by atoms with Crippen LogP contribution in [0.25, 0.3) is 22.4 Å². The molecule has 0 amide bonds. The summed E-state index contributed by atoms with van der Waals surface area (Å²) in [4.78, 5) is 4.86. The van der Waals surface area contributed by atoms with Crippen LogP contribution in [0.2, 0.25) is 0 Å². The van der Waals surface area contributed by atoms with Crippen LogP contribution >= 0.6 is 0 Å². The van der Waals surface area contributed by atoms with Crippen LogP contribution in [-0.2, 0) is 13.0 Å². The second-order valence-electron chi connectivity index (χ2n) is 6.29. The van der Waals surface area contributed by atoms with Gasteiger partial charge in [-0.25, -0.2) is 4.98 Å². The summed E-state index contributed by atoms with van der Waals surface area (Å²) in [6.45, 7) is 0.930. The standard InChI is InChI=1S/C22H21N3/c23-19-12-6-11-18(16-19)22-24-20-13-4-5-14-21(20)25(22)15-7-10-17-8-2-1-3-9-17/h1-6,8-9,11-14,16H,7,10,15,23H2. The summed E-state index contributed by atoms with van der Waals surface area (Å²) < 4.78 is 2.31. The van der Waals surface area contributed by atoms with Gasteiger partial charge in [0.2, 0.25) is 0 Å². The molecule has 0 saturated heterocycles. The lowest BCUT2D eigenvalue weighted by Crippen LogP contribution is -2.02. The number of anilines is 1. The van der Waals surface area contributed by atoms with Gasteiger partial charge in [0.1, 0.15) is 5.82 Å². The minimum absolute atomic E-state index is 0.764. The Kier molecular flexibility index (Phi) is 4.21. The molecule has 3 aromatic carbocycles. The Labute approximate surface area is 147 Å². The van der Waals surface area contributed by atoms with E-state index in [0.717, 1.165) is 42.0 Å². The maximum Gasteiger partial charge on any atom is 0.141 e. The fourth-order valence-electron chi connectivity index (χ4n) is 3.29. The third-order valence-corrected chi connectivity index (χ3v) is 4.49. The van der Waals surface area contributed by atoms with E-state index >= 15 is 0 Å². The molecule has 0 aliphatic rings. The van der Waals surface area contributed by atoms with Gasteiger partial charge in [0.25, 0.3) is 0 Å². The normalized spacial score (nSPS) is 11.0. The third-order valence-electron chi connectivity index (χ3n) is 4.49. The van der Waals surface area contributed by atoms with Gasteiger partial charge in [0.15, 0.2) is 0 Å². The first-order valence-corrected chi connectivity index (χ1v) is 8.66. The van der Waals surface area contributed by atoms with Gasteiger partial charge in [-0.3, -0.25) is 0 Å². The number of nitrogens with two attached hydrogens (primary N) is 1. The molecular formula is C22H21N3. The summed E-state index contributed by atoms with van der Waals surface area (Å²) >= 11 is 0. The zero-order valence-electron chi connectivity index (χ0n) is 14.1. The van der Waals surface area contributed by atoms with Crippen molar-refractivity contribution in [3.63, 3.8) is 0 Å². The molecule has 0 aliphatic carbocycles. The molecule has 3 heteroatoms. The largest absolute Gasteiger partial charge is 0.399 e. The van der Waals surface area contributed by atoms with Gasteiger partial charge in [-0.1, -0.05) is 54.6 Å². The third kappa shape index (κ3) is 3.26. The molecule has 4 rings (SSSR count). The fraction of sp³-hybridized carbons (Fsp3) is 0.136. The van der Waals surface area contributed by atoms with Gasteiger partial charge in [0.05, 0.1) is 11.0 Å². The quantitative estimate of drug-likeness (QED) is 0.529. The number of rotatable bonds is 5. The first-order valence-electron chi connectivity index (χ1n) is 8.66. The molecule has 2 N–H and O–H groups in total. The summed E-state index contributed by atoms with van der Waals surface area (Å²) in [5, 5.41) is 0. The number of hydrogen-bond acceptors (Lipinski definition) is 2. The van der Waals surface area contributed by atoms with Crippen molar-refractivity contribution in [2.24, 2.45) is 0 Å². The van der Waals surface area contributed by atoms with Crippen molar-refractivity contribution in [2.45, 2.75) is 19.4 Å². The predicted octanol–water partition coefficient (Wildman–Crippen LogP) is 4.92. The highest BCUT2D eigenvalue weighted by Crippen LogP contribution is 2.26. The van der Waals surface area contributed by atoms with E-state index in [4.69, 9.17) is 10.7 Å². The van der Waals surface area contributed by atoms with Crippen molar-refractivity contribution >= 4 is 16.7 Å². The second-order valence-corrected chi connectivity index (χ2v) is 6.29. The Balaban J connectivity index is 1.67. The van der Waals surface area contributed by atoms with Gasteiger partial charge in [-0.15, -0.1) is 0 Å². The molecule has 0 spiro atoms. The van der Waals surface area contributed by atoms with Crippen molar-refractivity contribution in [3.05, 3.63) is 84.4 Å². The minimum Gasteiger partial charge on any atom is -0.399 e. The van der Waals surface area contributed by atoms with Crippen molar-refractivity contribution in [1.82, 2.24) is 9.55 Å². The average Bonchev–Trinajstić information content (AvgIpc) is 3.02. The highest BCUT2D eigenvalue weighted by atomic mass is 15.1. The molecule has 25 heavy (non-hydrogen) atoms. The van der Waals surface area contributed by atoms with Gasteiger partial charge in [-0.05, 0) is 42.7 Å². The molecule has 0 saturated carbocycles. The van der Waals surface area contributed by atoms with Crippen molar-refractivity contribution < 1.29 is 0 Å². The van der Waals surface area contributed by atoms with E-state index in [2.05, 4.69) is 59.2 Å². The number of imidazole rings is 1. The molecule has 4 aromatic rings. The Morgan fingerprint density at radius 2 is 1.64 bits per heavy atom. The Hall–Kier alpha value is -3.07. The average molecular weight is 327 g/mol. The molecule has 0 aliphatic heterocycles. The van der Waals surface area contributed by atoms with Crippen molar-refractivity contribution in [1.29, 1.82) is 0 Å². The van der Waals surface area contributed by atoms with E-state index in [1.807, 2.05) is 24.3 Å². The van der Waals surface area contributed by atoms with Crippen molar-refractivity contribution in [3.8, 4) is 11.4 Å². The molecular weight excluding hydrogens is 306 g/mol. The van der Waals surface area contributed by atoms with E-state index < -0.39 is 0 Å². The van der Waals surface area contributed by atoms with Crippen LogP contribution in [0.5, 0.6) is 0 Å². The molecule has 1 aromatic heterocycles. The topological polar surface area (TPSA) is 43.8 Å².